The van der Waals surface area contributed by atoms with E-state index in [0.717, 1.165) is 44.9 Å². The predicted octanol–water partition coefficient (Wildman–Crippen LogP) is 3.79. The quantitative estimate of drug-likeness (QED) is 0.781. The number of nitrogens with zero attached hydrogens (tertiary/aromatic N) is 2. The Bertz CT molecular complexity index is 861. The summed E-state index contributed by atoms with van der Waals surface area (Å²) in [6.07, 6.45) is 8.64. The highest BCUT2D eigenvalue weighted by Gasteiger charge is 2.84. The minimum Gasteiger partial charge on any atom is -0.383 e. The van der Waals surface area contributed by atoms with Crippen LogP contribution in [-0.4, -0.2) is 37.6 Å². The van der Waals surface area contributed by atoms with E-state index in [9.17, 15) is 18.7 Å². The molecule has 0 bridgehead atoms. The maximum Gasteiger partial charge on any atom is 0.282 e. The van der Waals surface area contributed by atoms with E-state index in [2.05, 4.69) is 22.1 Å². The van der Waals surface area contributed by atoms with Gasteiger partial charge in [0.15, 0.2) is 0 Å². The summed E-state index contributed by atoms with van der Waals surface area (Å²) in [6.45, 7) is 2.31. The highest BCUT2D eigenvalue weighted by atomic mass is 19.3. The summed E-state index contributed by atoms with van der Waals surface area (Å²) in [4.78, 5) is 17.2. The summed E-state index contributed by atoms with van der Waals surface area (Å²) in [5.74, 6) is -0.850. The van der Waals surface area contributed by atoms with Gasteiger partial charge < -0.3 is 5.11 Å². The minimum absolute atomic E-state index is 0.0179. The molecule has 0 saturated heterocycles. The van der Waals surface area contributed by atoms with Crippen molar-refractivity contribution in [3.63, 3.8) is 0 Å². The maximum absolute atomic E-state index is 14.4. The first-order valence-electron chi connectivity index (χ1n) is 11.7. The number of hydrogen-bond donors (Lipinski definition) is 2. The zero-order valence-corrected chi connectivity index (χ0v) is 17.5. The van der Waals surface area contributed by atoms with Gasteiger partial charge in [-0.3, -0.25) is 9.89 Å². The molecule has 5 nitrogen and oxygen atoms in total. The van der Waals surface area contributed by atoms with Crippen LogP contribution in [0.1, 0.15) is 64.1 Å². The van der Waals surface area contributed by atoms with Crippen molar-refractivity contribution in [1.82, 2.24) is 15.2 Å². The number of aliphatic hydroxyl groups is 1. The Morgan fingerprint density at radius 2 is 1.83 bits per heavy atom. The molecule has 5 aliphatic rings. The Morgan fingerprint density at radius 1 is 1.10 bits per heavy atom. The third kappa shape index (κ3) is 2.33. The van der Waals surface area contributed by atoms with Crippen LogP contribution in [0.15, 0.2) is 6.33 Å². The first-order chi connectivity index (χ1) is 14.3. The van der Waals surface area contributed by atoms with Crippen LogP contribution in [0.5, 0.6) is 0 Å². The Balaban J connectivity index is 1.21. The van der Waals surface area contributed by atoms with Gasteiger partial charge in [-0.05, 0) is 86.4 Å². The SMILES string of the molecule is C[C@]12CC[C@@H]3[C@H]4CC[C@@]5(O)C([C@H]4CC[C@H]3[C@@H]1CC[C@@H]2C(=O)Cc1ncn[nH]1)C5(F)F. The van der Waals surface area contributed by atoms with Crippen LogP contribution in [0.25, 0.3) is 0 Å². The third-order valence-corrected chi connectivity index (χ3v) is 10.3. The molecule has 0 aromatic carbocycles. The molecule has 0 aliphatic heterocycles. The molecule has 0 amide bonds. The second-order valence-electron chi connectivity index (χ2n) is 11.2. The Morgan fingerprint density at radius 3 is 2.60 bits per heavy atom. The fourth-order valence-electron chi connectivity index (χ4n) is 8.96. The number of alkyl halides is 2. The smallest absolute Gasteiger partial charge is 0.282 e. The Kier molecular flexibility index (Phi) is 3.94. The van der Waals surface area contributed by atoms with Crippen LogP contribution in [0.4, 0.5) is 8.78 Å². The van der Waals surface area contributed by atoms with E-state index in [1.165, 1.54) is 6.33 Å². The van der Waals surface area contributed by atoms with Gasteiger partial charge in [0.05, 0.1) is 12.3 Å². The van der Waals surface area contributed by atoms with Crippen molar-refractivity contribution in [3.8, 4) is 0 Å². The summed E-state index contributed by atoms with van der Waals surface area (Å²) in [5.41, 5.74) is -1.69. The van der Waals surface area contributed by atoms with Gasteiger partial charge >= 0.3 is 0 Å². The summed E-state index contributed by atoms with van der Waals surface area (Å²) >= 11 is 0. The first-order valence-corrected chi connectivity index (χ1v) is 11.7. The molecule has 5 aliphatic carbocycles. The van der Waals surface area contributed by atoms with Crippen molar-refractivity contribution < 1.29 is 18.7 Å². The number of ketones is 1. The number of fused-ring (bicyclic) bond motifs is 7. The molecule has 9 atom stereocenters. The van der Waals surface area contributed by atoms with E-state index >= 15 is 0 Å². The lowest BCUT2D eigenvalue weighted by Gasteiger charge is -2.55. The highest BCUT2D eigenvalue weighted by Crippen LogP contribution is 2.73. The van der Waals surface area contributed by atoms with E-state index in [-0.39, 0.29) is 29.5 Å². The molecule has 1 unspecified atom stereocenters. The molecular weight excluding hydrogens is 388 g/mol. The normalized spacial score (nSPS) is 50.7. The molecule has 0 spiro atoms. The standard InChI is InChI=1S/C23H31F2N3O2/c1-21-8-6-12-13-7-9-22(30)20(23(22,24)25)15(13)3-2-14(12)16(21)4-5-17(21)18(29)10-19-26-11-27-28-19/h11-17,20,30H,2-10H2,1H3,(H,26,27,28)/t12-,13-,14-,15+,16+,17-,20?,21+,22-/m1/s1. The average molecular weight is 420 g/mol. The number of hydrogen-bond acceptors (Lipinski definition) is 4. The summed E-state index contributed by atoms with van der Waals surface area (Å²) in [7, 11) is 0. The van der Waals surface area contributed by atoms with Crippen LogP contribution in [0.3, 0.4) is 0 Å². The molecule has 6 rings (SSSR count). The van der Waals surface area contributed by atoms with Crippen molar-refractivity contribution >= 4 is 5.78 Å². The van der Waals surface area contributed by atoms with E-state index in [1.807, 2.05) is 0 Å². The third-order valence-electron chi connectivity index (χ3n) is 10.3. The molecule has 164 valence electrons. The van der Waals surface area contributed by atoms with Gasteiger partial charge in [-0.15, -0.1) is 0 Å². The van der Waals surface area contributed by atoms with Gasteiger partial charge in [0.2, 0.25) is 0 Å². The van der Waals surface area contributed by atoms with E-state index < -0.39 is 17.4 Å². The zero-order valence-electron chi connectivity index (χ0n) is 17.5. The fraction of sp³-hybridized carbons (Fsp3) is 0.870. The second kappa shape index (κ2) is 6.11. The van der Waals surface area contributed by atoms with Crippen molar-refractivity contribution in [3.05, 3.63) is 12.2 Å². The summed E-state index contributed by atoms with van der Waals surface area (Å²) in [5, 5.41) is 17.1. The van der Waals surface area contributed by atoms with Crippen LogP contribution in [0.2, 0.25) is 0 Å². The molecule has 2 N–H and O–H groups in total. The van der Waals surface area contributed by atoms with Crippen molar-refractivity contribution in [2.75, 3.05) is 0 Å². The van der Waals surface area contributed by atoms with Gasteiger partial charge in [-0.25, -0.2) is 13.8 Å². The summed E-state index contributed by atoms with van der Waals surface area (Å²) in [6, 6.07) is 0. The molecule has 5 saturated carbocycles. The molecule has 5 fully saturated rings. The lowest BCUT2D eigenvalue weighted by atomic mass is 9.49. The lowest BCUT2D eigenvalue weighted by molar-refractivity contribution is -0.130. The summed E-state index contributed by atoms with van der Waals surface area (Å²) < 4.78 is 28.7. The van der Waals surface area contributed by atoms with Gasteiger partial charge in [0, 0.05) is 5.92 Å². The minimum atomic E-state index is -2.88. The van der Waals surface area contributed by atoms with Crippen molar-refractivity contribution in [1.29, 1.82) is 0 Å². The Labute approximate surface area is 175 Å². The predicted molar refractivity (Wildman–Crippen MR) is 104 cm³/mol. The largest absolute Gasteiger partial charge is 0.383 e. The van der Waals surface area contributed by atoms with Gasteiger partial charge in [-0.1, -0.05) is 6.92 Å². The number of aromatic nitrogens is 3. The van der Waals surface area contributed by atoms with E-state index in [0.29, 0.717) is 35.9 Å². The van der Waals surface area contributed by atoms with Gasteiger partial charge in [-0.2, -0.15) is 5.10 Å². The topological polar surface area (TPSA) is 78.9 Å². The fourth-order valence-corrected chi connectivity index (χ4v) is 8.96. The van der Waals surface area contributed by atoms with Crippen LogP contribution in [0, 0.1) is 46.8 Å². The molecule has 1 aromatic heterocycles. The van der Waals surface area contributed by atoms with Crippen LogP contribution in [-0.2, 0) is 11.2 Å². The van der Waals surface area contributed by atoms with Crippen LogP contribution < -0.4 is 0 Å². The molecule has 30 heavy (non-hydrogen) atoms. The number of H-pyrrole nitrogens is 1. The maximum atomic E-state index is 14.4. The highest BCUT2D eigenvalue weighted by molar-refractivity contribution is 5.83. The Hall–Kier alpha value is -1.37. The van der Waals surface area contributed by atoms with Crippen LogP contribution >= 0.6 is 0 Å². The molecule has 7 heteroatoms. The number of rotatable bonds is 3. The number of nitrogens with one attached hydrogen (secondary N) is 1. The van der Waals surface area contributed by atoms with E-state index in [1.54, 1.807) is 0 Å². The molecule has 0 radical (unpaired) electrons. The number of aromatic amines is 1. The van der Waals surface area contributed by atoms with Gasteiger partial charge in [0.1, 0.15) is 23.5 Å². The number of Topliss-reactive ketones (excluding diaryl/α,β-unsaturated/α-hetero) is 1. The number of carbonyl (C=O) groups is 1. The van der Waals surface area contributed by atoms with Crippen molar-refractivity contribution in [2.45, 2.75) is 76.2 Å². The number of halogens is 2. The monoisotopic (exact) mass is 419 g/mol. The second-order valence-corrected chi connectivity index (χ2v) is 11.2. The molecular formula is C23H31F2N3O2. The number of carbonyl (C=O) groups excluding carboxylic acids is 1. The first kappa shape index (κ1) is 19.3. The van der Waals surface area contributed by atoms with Crippen molar-refractivity contribution in [2.24, 2.45) is 46.8 Å². The van der Waals surface area contributed by atoms with E-state index in [4.69, 9.17) is 0 Å². The average Bonchev–Trinajstić information content (AvgIpc) is 3.13. The lowest BCUT2D eigenvalue weighted by Crippen LogP contribution is -2.50. The zero-order chi connectivity index (χ0) is 20.9. The van der Waals surface area contributed by atoms with Gasteiger partial charge in [0.25, 0.3) is 5.92 Å². The molecule has 1 aromatic rings. The molecule has 1 heterocycles.